The van der Waals surface area contributed by atoms with E-state index >= 15 is 0 Å². The Labute approximate surface area is 159 Å². The number of likely N-dealkylation sites (tertiary alicyclic amines) is 1. The summed E-state index contributed by atoms with van der Waals surface area (Å²) in [6.07, 6.45) is 9.84. The van der Waals surface area contributed by atoms with E-state index in [1.165, 1.54) is 28.3 Å². The summed E-state index contributed by atoms with van der Waals surface area (Å²) in [6, 6.07) is 13.0. The maximum atomic E-state index is 13.4. The number of hydrogen-bond acceptors (Lipinski definition) is 2. The van der Waals surface area contributed by atoms with Gasteiger partial charge in [-0.2, -0.15) is 0 Å². The third kappa shape index (κ3) is 2.03. The lowest BCUT2D eigenvalue weighted by atomic mass is 9.60. The predicted octanol–water partition coefficient (Wildman–Crippen LogP) is 4.52. The van der Waals surface area contributed by atoms with Gasteiger partial charge in [0, 0.05) is 17.9 Å². The van der Waals surface area contributed by atoms with Gasteiger partial charge in [-0.3, -0.25) is 14.5 Å². The highest BCUT2D eigenvalue weighted by molar-refractivity contribution is 6.07. The van der Waals surface area contributed by atoms with Crippen LogP contribution in [-0.4, -0.2) is 22.8 Å². The van der Waals surface area contributed by atoms with Crippen LogP contribution in [0.25, 0.3) is 10.8 Å². The Hall–Kier alpha value is -2.42. The summed E-state index contributed by atoms with van der Waals surface area (Å²) in [7, 11) is 0. The van der Waals surface area contributed by atoms with Gasteiger partial charge < -0.3 is 0 Å². The van der Waals surface area contributed by atoms with Crippen LogP contribution in [-0.2, 0) is 9.59 Å². The van der Waals surface area contributed by atoms with E-state index in [2.05, 4.69) is 48.6 Å². The van der Waals surface area contributed by atoms with Gasteiger partial charge in [0.05, 0.1) is 11.8 Å². The Morgan fingerprint density at radius 3 is 1.78 bits per heavy atom. The molecule has 27 heavy (non-hydrogen) atoms. The molecule has 3 heteroatoms. The Morgan fingerprint density at radius 1 is 0.741 bits per heavy atom. The molecule has 2 amide bonds. The van der Waals surface area contributed by atoms with Crippen LogP contribution >= 0.6 is 0 Å². The molecule has 1 saturated carbocycles. The van der Waals surface area contributed by atoms with Crippen LogP contribution in [0.5, 0.6) is 0 Å². The van der Waals surface area contributed by atoms with E-state index in [9.17, 15) is 9.59 Å². The number of carbonyl (C=O) groups is 2. The number of nitrogens with zero attached hydrogens (tertiary/aromatic N) is 1. The van der Waals surface area contributed by atoms with Gasteiger partial charge in [0.1, 0.15) is 0 Å². The normalized spacial score (nSPS) is 32.2. The molecule has 0 radical (unpaired) electrons. The molecule has 2 aromatic rings. The number of amides is 2. The van der Waals surface area contributed by atoms with E-state index in [4.69, 9.17) is 0 Å². The topological polar surface area (TPSA) is 37.4 Å². The van der Waals surface area contributed by atoms with Gasteiger partial charge in [0.15, 0.2) is 0 Å². The molecule has 136 valence electrons. The lowest BCUT2D eigenvalue weighted by Gasteiger charge is -2.40. The minimum absolute atomic E-state index is 0.0460. The average Bonchev–Trinajstić information content (AvgIpc) is 2.99. The summed E-state index contributed by atoms with van der Waals surface area (Å²) in [6.45, 7) is 0. The van der Waals surface area contributed by atoms with Crippen molar-refractivity contribution in [1.82, 2.24) is 4.90 Å². The highest BCUT2D eigenvalue weighted by Crippen LogP contribution is 2.56. The van der Waals surface area contributed by atoms with Gasteiger partial charge in [-0.1, -0.05) is 67.8 Å². The predicted molar refractivity (Wildman–Crippen MR) is 104 cm³/mol. The van der Waals surface area contributed by atoms with Crippen LogP contribution in [0, 0.1) is 11.8 Å². The van der Waals surface area contributed by atoms with E-state index in [-0.39, 0.29) is 41.5 Å². The molecule has 1 heterocycles. The molecule has 1 aliphatic heterocycles. The van der Waals surface area contributed by atoms with Crippen LogP contribution in [0.1, 0.15) is 55.1 Å². The lowest BCUT2D eigenvalue weighted by molar-refractivity contribution is -0.143. The molecule has 4 aliphatic carbocycles. The van der Waals surface area contributed by atoms with E-state index in [0.717, 1.165) is 25.7 Å². The van der Waals surface area contributed by atoms with Gasteiger partial charge in [-0.25, -0.2) is 0 Å². The van der Waals surface area contributed by atoms with E-state index < -0.39 is 0 Å². The Morgan fingerprint density at radius 2 is 1.26 bits per heavy atom. The highest BCUT2D eigenvalue weighted by atomic mass is 16.2. The molecule has 0 aromatic heterocycles. The smallest absolute Gasteiger partial charge is 0.234 e. The summed E-state index contributed by atoms with van der Waals surface area (Å²) in [5.41, 5.74) is 2.52. The largest absolute Gasteiger partial charge is 0.279 e. The first-order valence-electron chi connectivity index (χ1n) is 10.3. The summed E-state index contributed by atoms with van der Waals surface area (Å²) in [5, 5.41) is 2.43. The summed E-state index contributed by atoms with van der Waals surface area (Å²) in [4.78, 5) is 28.5. The second-order valence-electron chi connectivity index (χ2n) is 8.65. The van der Waals surface area contributed by atoms with Crippen molar-refractivity contribution in [1.29, 1.82) is 0 Å². The first-order chi connectivity index (χ1) is 13.2. The second kappa shape index (κ2) is 5.54. The number of rotatable bonds is 1. The van der Waals surface area contributed by atoms with Crippen molar-refractivity contribution in [3.05, 3.63) is 59.7 Å². The fourth-order valence-corrected chi connectivity index (χ4v) is 6.12. The van der Waals surface area contributed by atoms with Crippen LogP contribution in [0.3, 0.4) is 0 Å². The maximum Gasteiger partial charge on any atom is 0.234 e. The number of fused-ring (bicyclic) bond motifs is 1. The van der Waals surface area contributed by atoms with E-state index in [0.29, 0.717) is 0 Å². The molecule has 0 N–H and O–H groups in total. The molecule has 2 fully saturated rings. The standard InChI is InChI=1S/C24H23NO2/c26-23-21-17-10-11-18(20-13-15-7-5-4-6-14(15)12-19(17)20)22(21)24(27)25(23)16-8-2-1-3-9-16/h4-7,10-13,16-18,21-22H,1-3,8-9H2. The summed E-state index contributed by atoms with van der Waals surface area (Å²) >= 11 is 0. The minimum atomic E-state index is -0.192. The third-order valence-corrected chi connectivity index (χ3v) is 7.34. The van der Waals surface area contributed by atoms with Crippen LogP contribution < -0.4 is 0 Å². The Kier molecular flexibility index (Phi) is 3.21. The molecule has 1 saturated heterocycles. The monoisotopic (exact) mass is 357 g/mol. The van der Waals surface area contributed by atoms with Crippen molar-refractivity contribution in [3.63, 3.8) is 0 Å². The molecule has 4 unspecified atom stereocenters. The van der Waals surface area contributed by atoms with Crippen molar-refractivity contribution in [2.75, 3.05) is 0 Å². The zero-order valence-corrected chi connectivity index (χ0v) is 15.3. The molecule has 7 rings (SSSR count). The van der Waals surface area contributed by atoms with Crippen molar-refractivity contribution in [2.24, 2.45) is 11.8 Å². The van der Waals surface area contributed by atoms with Crippen LogP contribution in [0.4, 0.5) is 0 Å². The highest BCUT2D eigenvalue weighted by Gasteiger charge is 2.59. The second-order valence-corrected chi connectivity index (χ2v) is 8.65. The van der Waals surface area contributed by atoms with Crippen molar-refractivity contribution in [3.8, 4) is 0 Å². The fourth-order valence-electron chi connectivity index (χ4n) is 6.12. The SMILES string of the molecule is O=C1C2C3C=CC(c4cc5ccccc5cc43)C2C(=O)N1C1CCCCC1. The molecule has 3 nitrogen and oxygen atoms in total. The van der Waals surface area contributed by atoms with Crippen molar-refractivity contribution in [2.45, 2.75) is 50.0 Å². The third-order valence-electron chi connectivity index (χ3n) is 7.34. The number of carbonyl (C=O) groups excluding carboxylic acids is 2. The summed E-state index contributed by atoms with van der Waals surface area (Å²) in [5.74, 6) is -0.106. The number of allylic oxidation sites excluding steroid dienone is 2. The molecule has 2 bridgehead atoms. The maximum absolute atomic E-state index is 13.4. The first kappa shape index (κ1) is 15.6. The van der Waals surface area contributed by atoms with Crippen molar-refractivity contribution < 1.29 is 9.59 Å². The fraction of sp³-hybridized carbons (Fsp3) is 0.417. The van der Waals surface area contributed by atoms with E-state index in [1.807, 2.05) is 0 Å². The molecular weight excluding hydrogens is 334 g/mol. The van der Waals surface area contributed by atoms with Crippen molar-refractivity contribution >= 4 is 22.6 Å². The Bertz CT molecular complexity index is 930. The average molecular weight is 357 g/mol. The Balaban J connectivity index is 1.46. The van der Waals surface area contributed by atoms with Crippen LogP contribution in [0.15, 0.2) is 48.6 Å². The number of benzene rings is 2. The lowest BCUT2D eigenvalue weighted by Crippen LogP contribution is -2.42. The molecule has 0 spiro atoms. The van der Waals surface area contributed by atoms with Gasteiger partial charge in [0.2, 0.25) is 11.8 Å². The number of hydrogen-bond donors (Lipinski definition) is 0. The van der Waals surface area contributed by atoms with Gasteiger partial charge in [-0.15, -0.1) is 0 Å². The van der Waals surface area contributed by atoms with Gasteiger partial charge >= 0.3 is 0 Å². The van der Waals surface area contributed by atoms with Crippen LogP contribution in [0.2, 0.25) is 0 Å². The van der Waals surface area contributed by atoms with Gasteiger partial charge in [-0.05, 0) is 34.7 Å². The molecule has 2 aromatic carbocycles. The zero-order valence-electron chi connectivity index (χ0n) is 15.3. The quantitative estimate of drug-likeness (QED) is 0.556. The minimum Gasteiger partial charge on any atom is -0.279 e. The molecular formula is C24H23NO2. The van der Waals surface area contributed by atoms with Gasteiger partial charge in [0.25, 0.3) is 0 Å². The van der Waals surface area contributed by atoms with E-state index in [1.54, 1.807) is 4.90 Å². The zero-order chi connectivity index (χ0) is 18.1. The molecule has 4 atom stereocenters. The first-order valence-corrected chi connectivity index (χ1v) is 10.3. The summed E-state index contributed by atoms with van der Waals surface area (Å²) < 4.78 is 0. The number of imide groups is 1. The molecule has 5 aliphatic rings.